The van der Waals surface area contributed by atoms with E-state index in [9.17, 15) is 0 Å². The van der Waals surface area contributed by atoms with E-state index in [2.05, 4.69) is 42.0 Å². The van der Waals surface area contributed by atoms with Crippen LogP contribution >= 0.6 is 11.3 Å². The molecule has 0 spiro atoms. The number of thiophene rings is 1. The number of nitrogens with one attached hydrogen (secondary N) is 1. The molecular weight excluding hydrogens is 266 g/mol. The van der Waals surface area contributed by atoms with Crippen molar-refractivity contribution in [2.75, 3.05) is 0 Å². The molecule has 1 fully saturated rings. The fraction of sp³-hybridized carbons (Fsp3) is 0.562. The van der Waals surface area contributed by atoms with Crippen molar-refractivity contribution in [3.8, 4) is 0 Å². The van der Waals surface area contributed by atoms with Crippen LogP contribution in [0.25, 0.3) is 0 Å². The maximum Gasteiger partial charge on any atom is 0.0755 e. The lowest BCUT2D eigenvalue weighted by molar-refractivity contribution is 0.646. The van der Waals surface area contributed by atoms with Crippen molar-refractivity contribution in [2.45, 2.75) is 58.7 Å². The molecule has 0 aromatic carbocycles. The summed E-state index contributed by atoms with van der Waals surface area (Å²) < 4.78 is 2.17. The van der Waals surface area contributed by atoms with Crippen LogP contribution in [0.1, 0.15) is 47.8 Å². The fourth-order valence-electron chi connectivity index (χ4n) is 2.39. The van der Waals surface area contributed by atoms with Crippen molar-refractivity contribution in [1.82, 2.24) is 15.1 Å². The second kappa shape index (κ2) is 6.10. The first kappa shape index (κ1) is 13.8. The number of hydrogen-bond acceptors (Lipinski definition) is 3. The maximum atomic E-state index is 4.70. The Morgan fingerprint density at radius 2 is 2.05 bits per heavy atom. The van der Waals surface area contributed by atoms with Gasteiger partial charge in [-0.05, 0) is 43.9 Å². The molecule has 1 saturated carbocycles. The van der Waals surface area contributed by atoms with E-state index in [0.717, 1.165) is 32.0 Å². The lowest BCUT2D eigenvalue weighted by atomic mass is 10.2. The summed E-state index contributed by atoms with van der Waals surface area (Å²) in [5.74, 6) is 0. The molecule has 3 nitrogen and oxygen atoms in total. The SMILES string of the molecule is CCc1cc(CC)n(Cc2ccc(CNC3CC3)s2)n1. The van der Waals surface area contributed by atoms with Gasteiger partial charge in [0.15, 0.2) is 0 Å². The van der Waals surface area contributed by atoms with E-state index in [0.29, 0.717) is 0 Å². The third-order valence-corrected chi connectivity index (χ3v) is 4.87. The number of rotatable bonds is 7. The largest absolute Gasteiger partial charge is 0.309 e. The third-order valence-electron chi connectivity index (χ3n) is 3.80. The van der Waals surface area contributed by atoms with Gasteiger partial charge in [0.2, 0.25) is 0 Å². The molecule has 0 saturated heterocycles. The van der Waals surface area contributed by atoms with Gasteiger partial charge in [-0.15, -0.1) is 11.3 Å². The lowest BCUT2D eigenvalue weighted by Gasteiger charge is -2.03. The third kappa shape index (κ3) is 3.30. The van der Waals surface area contributed by atoms with Gasteiger partial charge in [0.1, 0.15) is 0 Å². The highest BCUT2D eigenvalue weighted by Gasteiger charge is 2.20. The van der Waals surface area contributed by atoms with E-state index in [1.54, 1.807) is 0 Å². The normalized spacial score (nSPS) is 14.9. The van der Waals surface area contributed by atoms with Crippen molar-refractivity contribution in [1.29, 1.82) is 0 Å². The Labute approximate surface area is 125 Å². The van der Waals surface area contributed by atoms with Crippen molar-refractivity contribution in [2.24, 2.45) is 0 Å². The molecule has 0 amide bonds. The Hall–Kier alpha value is -1.13. The van der Waals surface area contributed by atoms with Crippen LogP contribution in [0.4, 0.5) is 0 Å². The van der Waals surface area contributed by atoms with Crippen LogP contribution in [0.3, 0.4) is 0 Å². The standard InChI is InChI=1S/C16H23N3S/c1-3-12-9-14(4-2)19(18-12)11-16-8-7-15(20-16)10-17-13-5-6-13/h7-9,13,17H,3-6,10-11H2,1-2H3. The summed E-state index contributed by atoms with van der Waals surface area (Å²) in [6.45, 7) is 6.30. The lowest BCUT2D eigenvalue weighted by Crippen LogP contribution is -2.14. The van der Waals surface area contributed by atoms with E-state index in [1.165, 1.54) is 34.0 Å². The molecule has 1 aliphatic carbocycles. The van der Waals surface area contributed by atoms with Crippen molar-refractivity contribution in [3.05, 3.63) is 39.3 Å². The summed E-state index contributed by atoms with van der Waals surface area (Å²) in [7, 11) is 0. The van der Waals surface area contributed by atoms with Gasteiger partial charge in [0.25, 0.3) is 0 Å². The molecule has 0 atom stereocenters. The highest BCUT2D eigenvalue weighted by atomic mass is 32.1. The molecule has 0 bridgehead atoms. The first-order valence-corrected chi connectivity index (χ1v) is 8.46. The number of aromatic nitrogens is 2. The van der Waals surface area contributed by atoms with Crippen molar-refractivity contribution >= 4 is 11.3 Å². The van der Waals surface area contributed by atoms with Gasteiger partial charge in [-0.1, -0.05) is 13.8 Å². The Kier molecular flexibility index (Phi) is 4.22. The summed E-state index contributed by atoms with van der Waals surface area (Å²) in [5.41, 5.74) is 2.54. The second-order valence-corrected chi connectivity index (χ2v) is 6.77. The van der Waals surface area contributed by atoms with Gasteiger partial charge in [-0.2, -0.15) is 5.10 Å². The van der Waals surface area contributed by atoms with Gasteiger partial charge in [0.05, 0.1) is 12.2 Å². The molecule has 2 aromatic rings. The molecule has 0 radical (unpaired) electrons. The van der Waals surface area contributed by atoms with E-state index < -0.39 is 0 Å². The minimum Gasteiger partial charge on any atom is -0.309 e. The van der Waals surface area contributed by atoms with E-state index in [-0.39, 0.29) is 0 Å². The minimum atomic E-state index is 0.783. The molecule has 3 rings (SSSR count). The van der Waals surface area contributed by atoms with E-state index >= 15 is 0 Å². The zero-order valence-corrected chi connectivity index (χ0v) is 13.2. The predicted molar refractivity (Wildman–Crippen MR) is 84.3 cm³/mol. The quantitative estimate of drug-likeness (QED) is 0.847. The maximum absolute atomic E-state index is 4.70. The van der Waals surface area contributed by atoms with Crippen molar-refractivity contribution < 1.29 is 0 Å². The summed E-state index contributed by atoms with van der Waals surface area (Å²) >= 11 is 1.91. The Balaban J connectivity index is 1.65. The predicted octanol–water partition coefficient (Wildman–Crippen LogP) is 3.37. The van der Waals surface area contributed by atoms with Gasteiger partial charge < -0.3 is 5.32 Å². The molecule has 2 aromatic heterocycles. The van der Waals surface area contributed by atoms with Crippen molar-refractivity contribution in [3.63, 3.8) is 0 Å². The van der Waals surface area contributed by atoms with Crippen LogP contribution < -0.4 is 5.32 Å². The topological polar surface area (TPSA) is 29.9 Å². The summed E-state index contributed by atoms with van der Waals surface area (Å²) in [6, 6.07) is 7.53. The van der Waals surface area contributed by atoms with Gasteiger partial charge in [-0.3, -0.25) is 4.68 Å². The van der Waals surface area contributed by atoms with E-state index in [1.807, 2.05) is 11.3 Å². The molecule has 0 aliphatic heterocycles. The zero-order chi connectivity index (χ0) is 13.9. The summed E-state index contributed by atoms with van der Waals surface area (Å²) in [4.78, 5) is 2.84. The highest BCUT2D eigenvalue weighted by molar-refractivity contribution is 7.11. The van der Waals surface area contributed by atoms with Gasteiger partial charge in [0, 0.05) is 28.0 Å². The molecule has 1 aliphatic rings. The molecular formula is C16H23N3S. The average Bonchev–Trinajstić information content (AvgIpc) is 3.05. The van der Waals surface area contributed by atoms with Crippen LogP contribution in [0, 0.1) is 0 Å². The Bertz CT molecular complexity index is 566. The molecule has 108 valence electrons. The first-order chi connectivity index (χ1) is 9.78. The van der Waals surface area contributed by atoms with Gasteiger partial charge >= 0.3 is 0 Å². The zero-order valence-electron chi connectivity index (χ0n) is 12.4. The molecule has 2 heterocycles. The fourth-order valence-corrected chi connectivity index (χ4v) is 3.34. The minimum absolute atomic E-state index is 0.783. The highest BCUT2D eigenvalue weighted by Crippen LogP contribution is 2.22. The van der Waals surface area contributed by atoms with Crippen LogP contribution in [-0.2, 0) is 25.9 Å². The number of nitrogens with zero attached hydrogens (tertiary/aromatic N) is 2. The smallest absolute Gasteiger partial charge is 0.0755 e. The molecule has 0 unspecified atom stereocenters. The molecule has 1 N–H and O–H groups in total. The monoisotopic (exact) mass is 289 g/mol. The average molecular weight is 289 g/mol. The van der Waals surface area contributed by atoms with Crippen LogP contribution in [0.15, 0.2) is 18.2 Å². The van der Waals surface area contributed by atoms with Gasteiger partial charge in [-0.25, -0.2) is 0 Å². The van der Waals surface area contributed by atoms with Crippen LogP contribution in [0.5, 0.6) is 0 Å². The number of aryl methyl sites for hydroxylation is 2. The number of hydrogen-bond donors (Lipinski definition) is 1. The molecule has 4 heteroatoms. The first-order valence-electron chi connectivity index (χ1n) is 7.65. The van der Waals surface area contributed by atoms with E-state index in [4.69, 9.17) is 5.10 Å². The Morgan fingerprint density at radius 3 is 2.75 bits per heavy atom. The van der Waals surface area contributed by atoms with Crippen LogP contribution in [0.2, 0.25) is 0 Å². The summed E-state index contributed by atoms with van der Waals surface area (Å²) in [6.07, 6.45) is 4.77. The Morgan fingerprint density at radius 1 is 1.25 bits per heavy atom. The van der Waals surface area contributed by atoms with Crippen LogP contribution in [-0.4, -0.2) is 15.8 Å². The second-order valence-electron chi connectivity index (χ2n) is 5.51. The molecule has 20 heavy (non-hydrogen) atoms. The summed E-state index contributed by atoms with van der Waals surface area (Å²) in [5, 5.41) is 8.27.